The topological polar surface area (TPSA) is 88.3 Å². The molecule has 0 saturated carbocycles. The SMILES string of the molecule is Cc1nc(CCNC(=O)N2CCC(CC(N)=O)CC2)cs1. The second-order valence-corrected chi connectivity index (χ2v) is 6.50. The number of piperidine rings is 1. The third-order valence-electron chi connectivity index (χ3n) is 3.72. The predicted molar refractivity (Wildman–Crippen MR) is 82.1 cm³/mol. The molecule has 21 heavy (non-hydrogen) atoms. The smallest absolute Gasteiger partial charge is 0.317 e. The van der Waals surface area contributed by atoms with E-state index in [1.54, 1.807) is 11.3 Å². The number of carbonyl (C=O) groups excluding carboxylic acids is 2. The number of aromatic nitrogens is 1. The zero-order chi connectivity index (χ0) is 15.2. The Morgan fingerprint density at radius 1 is 1.48 bits per heavy atom. The third-order valence-corrected chi connectivity index (χ3v) is 4.54. The second-order valence-electron chi connectivity index (χ2n) is 5.44. The number of amides is 3. The minimum Gasteiger partial charge on any atom is -0.370 e. The lowest BCUT2D eigenvalue weighted by Gasteiger charge is -2.31. The first-order valence-electron chi connectivity index (χ1n) is 7.26. The average molecular weight is 310 g/mol. The number of hydrogen-bond acceptors (Lipinski definition) is 4. The Morgan fingerprint density at radius 2 is 2.19 bits per heavy atom. The number of nitrogens with two attached hydrogens (primary N) is 1. The number of carbonyl (C=O) groups is 2. The molecule has 3 amide bonds. The van der Waals surface area contributed by atoms with E-state index in [9.17, 15) is 9.59 Å². The summed E-state index contributed by atoms with van der Waals surface area (Å²) in [6.45, 7) is 3.96. The molecule has 0 spiro atoms. The predicted octanol–water partition coefficient (Wildman–Crippen LogP) is 1.29. The molecule has 1 fully saturated rings. The summed E-state index contributed by atoms with van der Waals surface area (Å²) in [5, 5.41) is 6.00. The van der Waals surface area contributed by atoms with Gasteiger partial charge in [0.1, 0.15) is 0 Å². The molecule has 0 atom stereocenters. The highest BCUT2D eigenvalue weighted by Gasteiger charge is 2.23. The van der Waals surface area contributed by atoms with Gasteiger partial charge in [-0.2, -0.15) is 0 Å². The summed E-state index contributed by atoms with van der Waals surface area (Å²) in [5.74, 6) is 0.0704. The molecule has 0 unspecified atom stereocenters. The van der Waals surface area contributed by atoms with Gasteiger partial charge in [0, 0.05) is 37.9 Å². The maximum absolute atomic E-state index is 12.0. The lowest BCUT2D eigenvalue weighted by atomic mass is 9.93. The molecule has 0 aromatic carbocycles. The van der Waals surface area contributed by atoms with Crippen molar-refractivity contribution in [2.75, 3.05) is 19.6 Å². The van der Waals surface area contributed by atoms with Crippen molar-refractivity contribution in [1.82, 2.24) is 15.2 Å². The number of nitrogens with one attached hydrogen (secondary N) is 1. The number of thiazole rings is 1. The van der Waals surface area contributed by atoms with Crippen LogP contribution in [0.2, 0.25) is 0 Å². The van der Waals surface area contributed by atoms with Crippen LogP contribution in [0.15, 0.2) is 5.38 Å². The number of likely N-dealkylation sites (tertiary alicyclic amines) is 1. The molecular formula is C14H22N4O2S. The van der Waals surface area contributed by atoms with Crippen LogP contribution in [-0.4, -0.2) is 41.5 Å². The molecule has 0 bridgehead atoms. The van der Waals surface area contributed by atoms with Crippen molar-refractivity contribution in [2.45, 2.75) is 32.6 Å². The number of hydrogen-bond donors (Lipinski definition) is 2. The van der Waals surface area contributed by atoms with E-state index in [0.717, 1.165) is 30.0 Å². The first-order chi connectivity index (χ1) is 10.0. The van der Waals surface area contributed by atoms with Gasteiger partial charge in [-0.1, -0.05) is 0 Å². The normalized spacial score (nSPS) is 16.0. The lowest BCUT2D eigenvalue weighted by Crippen LogP contribution is -2.45. The fourth-order valence-corrected chi connectivity index (χ4v) is 3.20. The molecule has 3 N–H and O–H groups in total. The zero-order valence-electron chi connectivity index (χ0n) is 12.3. The van der Waals surface area contributed by atoms with Crippen LogP contribution >= 0.6 is 11.3 Å². The Morgan fingerprint density at radius 3 is 2.76 bits per heavy atom. The van der Waals surface area contributed by atoms with Crippen molar-refractivity contribution in [3.63, 3.8) is 0 Å². The summed E-state index contributed by atoms with van der Waals surface area (Å²) in [6, 6.07) is -0.0283. The van der Waals surface area contributed by atoms with Crippen LogP contribution in [0.25, 0.3) is 0 Å². The van der Waals surface area contributed by atoms with Gasteiger partial charge in [-0.15, -0.1) is 11.3 Å². The summed E-state index contributed by atoms with van der Waals surface area (Å²) >= 11 is 1.62. The Kier molecular flexibility index (Phi) is 5.55. The molecule has 6 nitrogen and oxygen atoms in total. The Labute approximate surface area is 128 Å². The van der Waals surface area contributed by atoms with E-state index in [-0.39, 0.29) is 11.9 Å². The summed E-state index contributed by atoms with van der Waals surface area (Å²) in [4.78, 5) is 29.1. The van der Waals surface area contributed by atoms with Crippen LogP contribution in [0.1, 0.15) is 30.0 Å². The number of aryl methyl sites for hydroxylation is 1. The van der Waals surface area contributed by atoms with Crippen molar-refractivity contribution in [3.05, 3.63) is 16.1 Å². The summed E-state index contributed by atoms with van der Waals surface area (Å²) in [6.07, 6.45) is 2.89. The van der Waals surface area contributed by atoms with Crippen molar-refractivity contribution in [3.8, 4) is 0 Å². The second kappa shape index (κ2) is 7.40. The van der Waals surface area contributed by atoms with Gasteiger partial charge in [0.15, 0.2) is 0 Å². The standard InChI is InChI=1S/C14H22N4O2S/c1-10-17-12(9-21-10)2-5-16-14(20)18-6-3-11(4-7-18)8-13(15)19/h9,11H,2-8H2,1H3,(H2,15,19)(H,16,20). The van der Waals surface area contributed by atoms with Crippen LogP contribution in [0.5, 0.6) is 0 Å². The first kappa shape index (κ1) is 15.8. The van der Waals surface area contributed by atoms with Gasteiger partial charge in [0.2, 0.25) is 5.91 Å². The Bertz CT molecular complexity index is 495. The van der Waals surface area contributed by atoms with Gasteiger partial charge < -0.3 is 16.0 Å². The highest BCUT2D eigenvalue weighted by molar-refractivity contribution is 7.09. The summed E-state index contributed by atoms with van der Waals surface area (Å²) < 4.78 is 0. The number of nitrogens with zero attached hydrogens (tertiary/aromatic N) is 2. The Balaban J connectivity index is 1.66. The van der Waals surface area contributed by atoms with E-state index in [0.29, 0.717) is 32.0 Å². The first-order valence-corrected chi connectivity index (χ1v) is 8.14. The van der Waals surface area contributed by atoms with E-state index in [1.165, 1.54) is 0 Å². The highest BCUT2D eigenvalue weighted by atomic mass is 32.1. The van der Waals surface area contributed by atoms with Crippen molar-refractivity contribution in [2.24, 2.45) is 11.7 Å². The molecule has 0 aliphatic carbocycles. The largest absolute Gasteiger partial charge is 0.370 e. The maximum Gasteiger partial charge on any atom is 0.317 e. The molecule has 1 aliphatic heterocycles. The van der Waals surface area contributed by atoms with Crippen molar-refractivity contribution >= 4 is 23.3 Å². The highest BCUT2D eigenvalue weighted by Crippen LogP contribution is 2.20. The van der Waals surface area contributed by atoms with Crippen molar-refractivity contribution < 1.29 is 9.59 Å². The molecular weight excluding hydrogens is 288 g/mol. The zero-order valence-corrected chi connectivity index (χ0v) is 13.1. The molecule has 1 aromatic heterocycles. The van der Waals surface area contributed by atoms with Crippen molar-refractivity contribution in [1.29, 1.82) is 0 Å². The van der Waals surface area contributed by atoms with Gasteiger partial charge in [-0.3, -0.25) is 4.79 Å². The molecule has 1 saturated heterocycles. The third kappa shape index (κ3) is 5.00. The number of urea groups is 1. The van der Waals surface area contributed by atoms with Crippen LogP contribution in [-0.2, 0) is 11.2 Å². The summed E-state index contributed by atoms with van der Waals surface area (Å²) in [5.41, 5.74) is 6.23. The molecule has 1 aliphatic rings. The van der Waals surface area contributed by atoms with Crippen LogP contribution in [0, 0.1) is 12.8 Å². The fraction of sp³-hybridized carbons (Fsp3) is 0.643. The molecule has 116 valence electrons. The molecule has 2 heterocycles. The van der Waals surface area contributed by atoms with E-state index < -0.39 is 0 Å². The maximum atomic E-state index is 12.0. The van der Waals surface area contributed by atoms with E-state index >= 15 is 0 Å². The van der Waals surface area contributed by atoms with E-state index in [4.69, 9.17) is 5.73 Å². The quantitative estimate of drug-likeness (QED) is 0.859. The minimum absolute atomic E-state index is 0.0283. The molecule has 7 heteroatoms. The van der Waals surface area contributed by atoms with Gasteiger partial charge in [0.05, 0.1) is 10.7 Å². The molecule has 0 radical (unpaired) electrons. The van der Waals surface area contributed by atoms with Gasteiger partial charge in [-0.25, -0.2) is 9.78 Å². The fourth-order valence-electron chi connectivity index (χ4n) is 2.56. The average Bonchev–Trinajstić information content (AvgIpc) is 2.84. The monoisotopic (exact) mass is 310 g/mol. The summed E-state index contributed by atoms with van der Waals surface area (Å²) in [7, 11) is 0. The van der Waals surface area contributed by atoms with E-state index in [1.807, 2.05) is 17.2 Å². The molecule has 2 rings (SSSR count). The van der Waals surface area contributed by atoms with Crippen LogP contribution < -0.4 is 11.1 Å². The molecule has 1 aromatic rings. The number of rotatable bonds is 5. The minimum atomic E-state index is -0.253. The van der Waals surface area contributed by atoms with Crippen LogP contribution in [0.3, 0.4) is 0 Å². The van der Waals surface area contributed by atoms with Gasteiger partial charge in [-0.05, 0) is 25.7 Å². The lowest BCUT2D eigenvalue weighted by molar-refractivity contribution is -0.119. The van der Waals surface area contributed by atoms with Gasteiger partial charge in [0.25, 0.3) is 0 Å². The van der Waals surface area contributed by atoms with Gasteiger partial charge >= 0.3 is 6.03 Å². The Hall–Kier alpha value is -1.63. The van der Waals surface area contributed by atoms with E-state index in [2.05, 4.69) is 10.3 Å². The van der Waals surface area contributed by atoms with Crippen LogP contribution in [0.4, 0.5) is 4.79 Å². The number of primary amides is 1.